The number of pyridine rings is 1. The largest absolute Gasteiger partial charge is 0.493 e. The van der Waals surface area contributed by atoms with Crippen LogP contribution in [0.25, 0.3) is 5.65 Å². The van der Waals surface area contributed by atoms with Crippen molar-refractivity contribution in [1.82, 2.24) is 9.38 Å². The van der Waals surface area contributed by atoms with Crippen LogP contribution in [-0.2, 0) is 6.42 Å². The van der Waals surface area contributed by atoms with E-state index in [9.17, 15) is 0 Å². The van der Waals surface area contributed by atoms with Gasteiger partial charge in [-0.1, -0.05) is 29.8 Å². The molecule has 0 atom stereocenters. The first-order chi connectivity index (χ1) is 9.26. The van der Waals surface area contributed by atoms with Crippen molar-refractivity contribution in [2.45, 2.75) is 13.3 Å². The molecule has 19 heavy (non-hydrogen) atoms. The van der Waals surface area contributed by atoms with Gasteiger partial charge in [-0.05, 0) is 24.6 Å². The number of aryl methyl sites for hydroxylation is 1. The highest BCUT2D eigenvalue weighted by molar-refractivity contribution is 5.54. The first-order valence-corrected chi connectivity index (χ1v) is 6.32. The molecule has 0 spiro atoms. The molecule has 1 aromatic carbocycles. The van der Waals surface area contributed by atoms with Crippen molar-refractivity contribution in [2.75, 3.05) is 7.11 Å². The van der Waals surface area contributed by atoms with Gasteiger partial charge in [0.1, 0.15) is 0 Å². The number of ether oxygens (including phenoxy) is 1. The Morgan fingerprint density at radius 2 is 2.11 bits per heavy atom. The van der Waals surface area contributed by atoms with E-state index in [-0.39, 0.29) is 0 Å². The molecule has 3 aromatic rings. The zero-order valence-electron chi connectivity index (χ0n) is 11.1. The molecule has 0 saturated heterocycles. The van der Waals surface area contributed by atoms with Crippen molar-refractivity contribution in [3.63, 3.8) is 0 Å². The van der Waals surface area contributed by atoms with E-state index < -0.39 is 0 Å². The summed E-state index contributed by atoms with van der Waals surface area (Å²) in [6, 6.07) is 12.4. The lowest BCUT2D eigenvalue weighted by Gasteiger charge is -2.00. The Bertz CT molecular complexity index is 716. The maximum atomic E-state index is 5.33. The van der Waals surface area contributed by atoms with Gasteiger partial charge in [-0.3, -0.25) is 0 Å². The molecule has 3 rings (SSSR count). The van der Waals surface area contributed by atoms with E-state index >= 15 is 0 Å². The fourth-order valence-electron chi connectivity index (χ4n) is 2.31. The van der Waals surface area contributed by atoms with Crippen molar-refractivity contribution in [1.29, 1.82) is 0 Å². The van der Waals surface area contributed by atoms with E-state index in [2.05, 4.69) is 42.4 Å². The van der Waals surface area contributed by atoms with Crippen LogP contribution in [0.5, 0.6) is 5.75 Å². The molecule has 2 aromatic heterocycles. The van der Waals surface area contributed by atoms with Crippen LogP contribution in [0.4, 0.5) is 0 Å². The van der Waals surface area contributed by atoms with Crippen molar-refractivity contribution < 1.29 is 4.74 Å². The van der Waals surface area contributed by atoms with Crippen LogP contribution >= 0.6 is 0 Å². The quantitative estimate of drug-likeness (QED) is 0.715. The first kappa shape index (κ1) is 11.8. The molecule has 2 heterocycles. The number of hydrogen-bond acceptors (Lipinski definition) is 2. The van der Waals surface area contributed by atoms with Gasteiger partial charge in [0.25, 0.3) is 0 Å². The lowest BCUT2D eigenvalue weighted by molar-refractivity contribution is 0.417. The number of hydrogen-bond donors (Lipinski definition) is 0. The first-order valence-electron chi connectivity index (χ1n) is 6.32. The Balaban J connectivity index is 1.98. The van der Waals surface area contributed by atoms with Gasteiger partial charge in [0.15, 0.2) is 11.4 Å². The summed E-state index contributed by atoms with van der Waals surface area (Å²) in [5, 5.41) is 0. The van der Waals surface area contributed by atoms with E-state index in [0.717, 1.165) is 23.5 Å². The second-order valence-electron chi connectivity index (χ2n) is 4.71. The Kier molecular flexibility index (Phi) is 2.95. The Labute approximate surface area is 112 Å². The van der Waals surface area contributed by atoms with Crippen LogP contribution < -0.4 is 4.74 Å². The van der Waals surface area contributed by atoms with Gasteiger partial charge in [-0.15, -0.1) is 0 Å². The second kappa shape index (κ2) is 4.76. The molecule has 0 bridgehead atoms. The van der Waals surface area contributed by atoms with Gasteiger partial charge in [0, 0.05) is 18.8 Å². The molecule has 0 aliphatic heterocycles. The fourth-order valence-corrected chi connectivity index (χ4v) is 2.31. The van der Waals surface area contributed by atoms with Crippen LogP contribution in [0.3, 0.4) is 0 Å². The molecule has 0 fully saturated rings. The normalized spacial score (nSPS) is 10.8. The number of nitrogens with zero attached hydrogens (tertiary/aromatic N) is 2. The molecule has 0 radical (unpaired) electrons. The maximum Gasteiger partial charge on any atom is 0.179 e. The monoisotopic (exact) mass is 252 g/mol. The third-order valence-corrected chi connectivity index (χ3v) is 3.18. The molecule has 0 aliphatic rings. The summed E-state index contributed by atoms with van der Waals surface area (Å²) in [6.07, 6.45) is 4.89. The number of imidazole rings is 1. The third-order valence-electron chi connectivity index (χ3n) is 3.18. The lowest BCUT2D eigenvalue weighted by atomic mass is 10.1. The number of benzene rings is 1. The average molecular weight is 252 g/mol. The standard InChI is InChI=1S/C16H16N2O/c1-12-5-3-6-13(9-12)10-14-11-18-8-4-7-15(19-2)16(18)17-14/h3-9,11H,10H2,1-2H3. The number of methoxy groups -OCH3 is 1. The van der Waals surface area contributed by atoms with Gasteiger partial charge in [0.05, 0.1) is 12.8 Å². The minimum Gasteiger partial charge on any atom is -0.493 e. The van der Waals surface area contributed by atoms with Gasteiger partial charge in [0.2, 0.25) is 0 Å². The molecule has 0 unspecified atom stereocenters. The summed E-state index contributed by atoms with van der Waals surface area (Å²) < 4.78 is 7.33. The van der Waals surface area contributed by atoms with Gasteiger partial charge in [-0.25, -0.2) is 4.98 Å². The van der Waals surface area contributed by atoms with Crippen LogP contribution in [0.2, 0.25) is 0 Å². The molecule has 3 nitrogen and oxygen atoms in total. The zero-order valence-corrected chi connectivity index (χ0v) is 11.1. The van der Waals surface area contributed by atoms with E-state index in [0.29, 0.717) is 0 Å². The summed E-state index contributed by atoms with van der Waals surface area (Å²) in [4.78, 5) is 4.65. The molecule has 96 valence electrons. The van der Waals surface area contributed by atoms with Crippen LogP contribution in [0.15, 0.2) is 48.8 Å². The smallest absolute Gasteiger partial charge is 0.179 e. The van der Waals surface area contributed by atoms with Crippen molar-refractivity contribution in [3.8, 4) is 5.75 Å². The Morgan fingerprint density at radius 3 is 2.89 bits per heavy atom. The van der Waals surface area contributed by atoms with E-state index in [1.807, 2.05) is 22.7 Å². The SMILES string of the molecule is COc1cccn2cc(Cc3cccc(C)c3)nc12. The van der Waals surface area contributed by atoms with Gasteiger partial charge in [-0.2, -0.15) is 0 Å². The van der Waals surface area contributed by atoms with Gasteiger partial charge < -0.3 is 9.14 Å². The van der Waals surface area contributed by atoms with Crippen molar-refractivity contribution in [3.05, 3.63) is 65.6 Å². The summed E-state index contributed by atoms with van der Waals surface area (Å²) >= 11 is 0. The number of aromatic nitrogens is 2. The predicted molar refractivity (Wildman–Crippen MR) is 75.7 cm³/mol. The van der Waals surface area contributed by atoms with Crippen LogP contribution in [0, 0.1) is 6.92 Å². The molecule has 0 saturated carbocycles. The zero-order chi connectivity index (χ0) is 13.2. The lowest BCUT2D eigenvalue weighted by Crippen LogP contribution is -1.89. The molecule has 3 heteroatoms. The molecule has 0 amide bonds. The highest BCUT2D eigenvalue weighted by Crippen LogP contribution is 2.19. The van der Waals surface area contributed by atoms with E-state index in [1.165, 1.54) is 11.1 Å². The topological polar surface area (TPSA) is 26.5 Å². The Morgan fingerprint density at radius 1 is 1.21 bits per heavy atom. The fraction of sp³-hybridized carbons (Fsp3) is 0.188. The van der Waals surface area contributed by atoms with Gasteiger partial charge >= 0.3 is 0 Å². The predicted octanol–water partition coefficient (Wildman–Crippen LogP) is 3.24. The van der Waals surface area contributed by atoms with Crippen LogP contribution in [0.1, 0.15) is 16.8 Å². The second-order valence-corrected chi connectivity index (χ2v) is 4.71. The molecule has 0 aliphatic carbocycles. The summed E-state index contributed by atoms with van der Waals surface area (Å²) in [6.45, 7) is 2.11. The summed E-state index contributed by atoms with van der Waals surface area (Å²) in [5.74, 6) is 0.804. The molecular weight excluding hydrogens is 236 g/mol. The minimum absolute atomic E-state index is 0.804. The minimum atomic E-state index is 0.804. The molecular formula is C16H16N2O. The highest BCUT2D eigenvalue weighted by Gasteiger charge is 2.07. The number of rotatable bonds is 3. The Hall–Kier alpha value is -2.29. The number of fused-ring (bicyclic) bond motifs is 1. The van der Waals surface area contributed by atoms with E-state index in [1.54, 1.807) is 7.11 Å². The maximum absolute atomic E-state index is 5.33. The summed E-state index contributed by atoms with van der Waals surface area (Å²) in [7, 11) is 1.67. The molecule has 0 N–H and O–H groups in total. The van der Waals surface area contributed by atoms with Crippen LogP contribution in [-0.4, -0.2) is 16.5 Å². The van der Waals surface area contributed by atoms with Crippen molar-refractivity contribution >= 4 is 5.65 Å². The van der Waals surface area contributed by atoms with Crippen molar-refractivity contribution in [2.24, 2.45) is 0 Å². The van der Waals surface area contributed by atoms with E-state index in [4.69, 9.17) is 4.74 Å². The average Bonchev–Trinajstić information content (AvgIpc) is 2.80. The highest BCUT2D eigenvalue weighted by atomic mass is 16.5. The summed E-state index contributed by atoms with van der Waals surface area (Å²) in [5.41, 5.74) is 4.48. The third kappa shape index (κ3) is 2.32.